The van der Waals surface area contributed by atoms with Gasteiger partial charge in [0.15, 0.2) is 0 Å². The Bertz CT molecular complexity index is 436. The Kier molecular flexibility index (Phi) is 4.40. The maximum absolute atomic E-state index is 12.2. The van der Waals surface area contributed by atoms with Crippen LogP contribution in [0.3, 0.4) is 0 Å². The molecule has 0 bridgehead atoms. The standard InChI is InChI=1S/C14H18BrNO2/c1-10-7-8-13(18-10)14(17)16(2)9-11-5-3-4-6-12(11)15/h3-6,10,13H,7-9H2,1-2H3. The second-order valence-electron chi connectivity index (χ2n) is 4.80. The first kappa shape index (κ1) is 13.6. The normalized spacial score (nSPS) is 23.1. The molecule has 98 valence electrons. The zero-order chi connectivity index (χ0) is 13.1. The summed E-state index contributed by atoms with van der Waals surface area (Å²) in [6, 6.07) is 7.96. The molecule has 0 radical (unpaired) electrons. The Morgan fingerprint density at radius 1 is 1.44 bits per heavy atom. The van der Waals surface area contributed by atoms with E-state index in [1.165, 1.54) is 0 Å². The summed E-state index contributed by atoms with van der Waals surface area (Å²) < 4.78 is 6.64. The summed E-state index contributed by atoms with van der Waals surface area (Å²) in [5, 5.41) is 0. The number of likely N-dealkylation sites (N-methyl/N-ethyl adjacent to an activating group) is 1. The van der Waals surface area contributed by atoms with Crippen molar-refractivity contribution in [1.82, 2.24) is 4.90 Å². The van der Waals surface area contributed by atoms with E-state index in [1.54, 1.807) is 4.90 Å². The monoisotopic (exact) mass is 311 g/mol. The minimum absolute atomic E-state index is 0.0788. The molecule has 1 aromatic carbocycles. The molecule has 18 heavy (non-hydrogen) atoms. The van der Waals surface area contributed by atoms with E-state index in [4.69, 9.17) is 4.74 Å². The fraction of sp³-hybridized carbons (Fsp3) is 0.500. The molecule has 1 heterocycles. The Balaban J connectivity index is 1.98. The highest BCUT2D eigenvalue weighted by molar-refractivity contribution is 9.10. The molecule has 2 atom stereocenters. The van der Waals surface area contributed by atoms with E-state index in [0.717, 1.165) is 22.9 Å². The molecule has 1 aliphatic rings. The zero-order valence-corrected chi connectivity index (χ0v) is 12.3. The lowest BCUT2D eigenvalue weighted by Gasteiger charge is -2.21. The van der Waals surface area contributed by atoms with Crippen LogP contribution < -0.4 is 0 Å². The van der Waals surface area contributed by atoms with Crippen molar-refractivity contribution < 1.29 is 9.53 Å². The highest BCUT2D eigenvalue weighted by Crippen LogP contribution is 2.22. The van der Waals surface area contributed by atoms with Crippen LogP contribution in [0.5, 0.6) is 0 Å². The number of hydrogen-bond acceptors (Lipinski definition) is 2. The molecule has 0 saturated carbocycles. The highest BCUT2D eigenvalue weighted by atomic mass is 79.9. The molecule has 0 N–H and O–H groups in total. The molecule has 0 aromatic heterocycles. The molecule has 0 aliphatic carbocycles. The number of amides is 1. The predicted octanol–water partition coefficient (Wildman–Crippen LogP) is 2.98. The van der Waals surface area contributed by atoms with Crippen molar-refractivity contribution >= 4 is 21.8 Å². The van der Waals surface area contributed by atoms with Crippen LogP contribution in [-0.4, -0.2) is 30.1 Å². The molecule has 2 rings (SSSR count). The van der Waals surface area contributed by atoms with Gasteiger partial charge < -0.3 is 9.64 Å². The van der Waals surface area contributed by atoms with Crippen molar-refractivity contribution in [2.24, 2.45) is 0 Å². The first-order chi connectivity index (χ1) is 8.58. The Labute approximate surface area is 116 Å². The van der Waals surface area contributed by atoms with Crippen molar-refractivity contribution in [3.63, 3.8) is 0 Å². The van der Waals surface area contributed by atoms with Crippen molar-refractivity contribution in [3.05, 3.63) is 34.3 Å². The van der Waals surface area contributed by atoms with E-state index in [0.29, 0.717) is 6.54 Å². The lowest BCUT2D eigenvalue weighted by molar-refractivity contribution is -0.141. The van der Waals surface area contributed by atoms with Crippen LogP contribution in [-0.2, 0) is 16.1 Å². The third-order valence-corrected chi connectivity index (χ3v) is 4.02. The first-order valence-corrected chi connectivity index (χ1v) is 7.01. The summed E-state index contributed by atoms with van der Waals surface area (Å²) in [5.41, 5.74) is 1.11. The number of hydrogen-bond donors (Lipinski definition) is 0. The SMILES string of the molecule is CC1CCC(C(=O)N(C)Cc2ccccc2Br)O1. The zero-order valence-electron chi connectivity index (χ0n) is 10.7. The predicted molar refractivity (Wildman–Crippen MR) is 74.2 cm³/mol. The van der Waals surface area contributed by atoms with Crippen LogP contribution in [0.25, 0.3) is 0 Å². The molecule has 0 spiro atoms. The second-order valence-corrected chi connectivity index (χ2v) is 5.65. The number of halogens is 1. The van der Waals surface area contributed by atoms with Gasteiger partial charge >= 0.3 is 0 Å². The van der Waals surface area contributed by atoms with Gasteiger partial charge in [-0.05, 0) is 31.4 Å². The number of nitrogens with zero attached hydrogens (tertiary/aromatic N) is 1. The third kappa shape index (κ3) is 3.12. The molecule has 1 aliphatic heterocycles. The Hall–Kier alpha value is -0.870. The lowest BCUT2D eigenvalue weighted by atomic mass is 10.1. The molecule has 1 fully saturated rings. The van der Waals surface area contributed by atoms with Crippen molar-refractivity contribution in [2.45, 2.75) is 38.5 Å². The van der Waals surface area contributed by atoms with Crippen molar-refractivity contribution in [1.29, 1.82) is 0 Å². The van der Waals surface area contributed by atoms with Gasteiger partial charge in [0.2, 0.25) is 0 Å². The van der Waals surface area contributed by atoms with E-state index in [9.17, 15) is 4.79 Å². The minimum Gasteiger partial charge on any atom is -0.365 e. The van der Waals surface area contributed by atoms with Crippen molar-refractivity contribution in [2.75, 3.05) is 7.05 Å². The number of ether oxygens (including phenoxy) is 1. The van der Waals surface area contributed by atoms with Gasteiger partial charge in [0.1, 0.15) is 6.10 Å². The molecule has 3 nitrogen and oxygen atoms in total. The van der Waals surface area contributed by atoms with Gasteiger partial charge in [0.25, 0.3) is 5.91 Å². The molecule has 2 unspecified atom stereocenters. The number of carbonyl (C=O) groups excluding carboxylic acids is 1. The average molecular weight is 312 g/mol. The van der Waals surface area contributed by atoms with E-state index in [1.807, 2.05) is 38.2 Å². The number of rotatable bonds is 3. The number of carbonyl (C=O) groups is 1. The van der Waals surface area contributed by atoms with Crippen LogP contribution in [0.2, 0.25) is 0 Å². The summed E-state index contributed by atoms with van der Waals surface area (Å²) in [5.74, 6) is 0.0788. The van der Waals surface area contributed by atoms with Crippen molar-refractivity contribution in [3.8, 4) is 0 Å². The quantitative estimate of drug-likeness (QED) is 0.859. The fourth-order valence-electron chi connectivity index (χ4n) is 2.19. The van der Waals surface area contributed by atoms with Gasteiger partial charge in [0, 0.05) is 18.1 Å². The van der Waals surface area contributed by atoms with E-state index < -0.39 is 0 Å². The average Bonchev–Trinajstić information content (AvgIpc) is 2.78. The molecular weight excluding hydrogens is 294 g/mol. The van der Waals surface area contributed by atoms with Gasteiger partial charge in [-0.25, -0.2) is 0 Å². The second kappa shape index (κ2) is 5.85. The van der Waals surface area contributed by atoms with Crippen LogP contribution in [0.15, 0.2) is 28.7 Å². The van der Waals surface area contributed by atoms with E-state index >= 15 is 0 Å². The van der Waals surface area contributed by atoms with Gasteiger partial charge in [-0.15, -0.1) is 0 Å². The molecule has 4 heteroatoms. The summed E-state index contributed by atoms with van der Waals surface area (Å²) in [4.78, 5) is 13.9. The van der Waals surface area contributed by atoms with Crippen LogP contribution >= 0.6 is 15.9 Å². The molecule has 1 aromatic rings. The highest BCUT2D eigenvalue weighted by Gasteiger charge is 2.30. The summed E-state index contributed by atoms with van der Waals surface area (Å²) in [7, 11) is 1.83. The minimum atomic E-state index is -0.257. The van der Waals surface area contributed by atoms with Gasteiger partial charge in [0.05, 0.1) is 6.10 Å². The largest absolute Gasteiger partial charge is 0.365 e. The first-order valence-electron chi connectivity index (χ1n) is 6.21. The number of benzene rings is 1. The van der Waals surface area contributed by atoms with Crippen LogP contribution in [0.1, 0.15) is 25.3 Å². The van der Waals surface area contributed by atoms with Gasteiger partial charge in [-0.3, -0.25) is 4.79 Å². The summed E-state index contributed by atoms with van der Waals surface area (Å²) in [6.07, 6.45) is 1.75. The molecular formula is C14H18BrNO2. The maximum Gasteiger partial charge on any atom is 0.251 e. The van der Waals surface area contributed by atoms with Crippen LogP contribution in [0.4, 0.5) is 0 Å². The van der Waals surface area contributed by atoms with Gasteiger partial charge in [-0.2, -0.15) is 0 Å². The van der Waals surface area contributed by atoms with Gasteiger partial charge in [-0.1, -0.05) is 34.1 Å². The van der Waals surface area contributed by atoms with E-state index in [2.05, 4.69) is 15.9 Å². The topological polar surface area (TPSA) is 29.5 Å². The lowest BCUT2D eigenvalue weighted by Crippen LogP contribution is -2.36. The Morgan fingerprint density at radius 2 is 2.17 bits per heavy atom. The molecule has 1 amide bonds. The summed E-state index contributed by atoms with van der Waals surface area (Å²) in [6.45, 7) is 2.62. The smallest absolute Gasteiger partial charge is 0.251 e. The summed E-state index contributed by atoms with van der Waals surface area (Å²) >= 11 is 3.50. The molecule has 1 saturated heterocycles. The fourth-order valence-corrected chi connectivity index (χ4v) is 2.60. The van der Waals surface area contributed by atoms with E-state index in [-0.39, 0.29) is 18.1 Å². The maximum atomic E-state index is 12.2. The van der Waals surface area contributed by atoms with Crippen LogP contribution in [0, 0.1) is 0 Å². The Morgan fingerprint density at radius 3 is 2.78 bits per heavy atom. The third-order valence-electron chi connectivity index (χ3n) is 3.25.